The van der Waals surface area contributed by atoms with Crippen LogP contribution in [0.3, 0.4) is 0 Å². The third-order valence-corrected chi connectivity index (χ3v) is 4.59. The second-order valence-electron chi connectivity index (χ2n) is 6.21. The van der Waals surface area contributed by atoms with Crippen molar-refractivity contribution in [3.05, 3.63) is 47.7 Å². The lowest BCUT2D eigenvalue weighted by atomic mass is 10.1. The molecule has 2 N–H and O–H groups in total. The topological polar surface area (TPSA) is 97.7 Å². The first kappa shape index (κ1) is 16.3. The van der Waals surface area contributed by atoms with E-state index in [9.17, 15) is 4.79 Å². The van der Waals surface area contributed by atoms with Gasteiger partial charge in [0.15, 0.2) is 5.82 Å². The molecule has 3 aromatic rings. The van der Waals surface area contributed by atoms with Gasteiger partial charge in [0.25, 0.3) is 5.91 Å². The maximum atomic E-state index is 12.7. The smallest absolute Gasteiger partial charge is 0.255 e. The molecule has 0 spiro atoms. The van der Waals surface area contributed by atoms with Crippen LogP contribution in [0.1, 0.15) is 34.8 Å². The van der Waals surface area contributed by atoms with E-state index in [1.54, 1.807) is 7.11 Å². The summed E-state index contributed by atoms with van der Waals surface area (Å²) in [5.41, 5.74) is 1.98. The number of amides is 1. The zero-order valence-corrected chi connectivity index (χ0v) is 14.5. The number of nitrogens with zero attached hydrogens (tertiary/aromatic N) is 4. The first-order chi connectivity index (χ1) is 12.8. The van der Waals surface area contributed by atoms with Gasteiger partial charge in [-0.25, -0.2) is 0 Å². The van der Waals surface area contributed by atoms with Crippen LogP contribution in [0, 0.1) is 0 Å². The number of aromatic nitrogens is 5. The van der Waals surface area contributed by atoms with Gasteiger partial charge in [-0.2, -0.15) is 5.10 Å². The minimum Gasteiger partial charge on any atom is -0.497 e. The van der Waals surface area contributed by atoms with Crippen molar-refractivity contribution in [1.29, 1.82) is 0 Å². The van der Waals surface area contributed by atoms with E-state index in [2.05, 4.69) is 30.3 Å². The number of aromatic amines is 1. The molecule has 1 aliphatic rings. The van der Waals surface area contributed by atoms with Crippen LogP contribution in [-0.2, 0) is 19.5 Å². The van der Waals surface area contributed by atoms with Crippen LogP contribution >= 0.6 is 0 Å². The van der Waals surface area contributed by atoms with E-state index in [1.165, 1.54) is 6.20 Å². The summed E-state index contributed by atoms with van der Waals surface area (Å²) in [5, 5.41) is 18.3. The van der Waals surface area contributed by atoms with Gasteiger partial charge in [0.1, 0.15) is 11.6 Å². The number of methoxy groups -OCH3 is 1. The Balaban J connectivity index is 1.51. The number of hydrogen-bond acceptors (Lipinski definition) is 5. The third kappa shape index (κ3) is 3.05. The summed E-state index contributed by atoms with van der Waals surface area (Å²) in [6, 6.07) is 7.49. The summed E-state index contributed by atoms with van der Waals surface area (Å²) in [6.45, 7) is 1.25. The van der Waals surface area contributed by atoms with E-state index in [-0.39, 0.29) is 5.91 Å². The molecule has 1 aliphatic heterocycles. The van der Waals surface area contributed by atoms with E-state index in [0.717, 1.165) is 48.8 Å². The number of benzene rings is 1. The van der Waals surface area contributed by atoms with E-state index in [1.807, 2.05) is 24.3 Å². The van der Waals surface area contributed by atoms with Gasteiger partial charge in [-0.15, -0.1) is 10.2 Å². The fourth-order valence-corrected chi connectivity index (χ4v) is 3.21. The Morgan fingerprint density at radius 3 is 3.15 bits per heavy atom. The molecule has 2 aromatic heterocycles. The zero-order valence-electron chi connectivity index (χ0n) is 14.5. The monoisotopic (exact) mass is 352 g/mol. The summed E-state index contributed by atoms with van der Waals surface area (Å²) < 4.78 is 7.35. The van der Waals surface area contributed by atoms with E-state index in [0.29, 0.717) is 17.8 Å². The summed E-state index contributed by atoms with van der Waals surface area (Å²) in [7, 11) is 1.61. The Morgan fingerprint density at radius 1 is 1.35 bits per heavy atom. The van der Waals surface area contributed by atoms with E-state index < -0.39 is 0 Å². The Labute approximate surface area is 150 Å². The van der Waals surface area contributed by atoms with Crippen molar-refractivity contribution in [2.24, 2.45) is 0 Å². The van der Waals surface area contributed by atoms with Gasteiger partial charge in [0, 0.05) is 18.5 Å². The highest BCUT2D eigenvalue weighted by molar-refractivity contribution is 5.99. The molecule has 1 amide bonds. The summed E-state index contributed by atoms with van der Waals surface area (Å²) in [4.78, 5) is 12.7. The molecule has 0 aliphatic carbocycles. The van der Waals surface area contributed by atoms with Crippen LogP contribution in [0.5, 0.6) is 5.75 Å². The molecular formula is C18H20N6O2. The third-order valence-electron chi connectivity index (χ3n) is 4.59. The largest absolute Gasteiger partial charge is 0.497 e. The molecule has 8 nitrogen and oxygen atoms in total. The number of rotatable bonds is 5. The predicted molar refractivity (Wildman–Crippen MR) is 94.7 cm³/mol. The molecule has 26 heavy (non-hydrogen) atoms. The Hall–Kier alpha value is -3.16. The quantitative estimate of drug-likeness (QED) is 0.731. The molecule has 134 valence electrons. The number of hydrogen-bond donors (Lipinski definition) is 2. The molecule has 0 unspecified atom stereocenters. The fourth-order valence-electron chi connectivity index (χ4n) is 3.21. The second kappa shape index (κ2) is 6.99. The zero-order chi connectivity index (χ0) is 17.9. The van der Waals surface area contributed by atoms with Crippen LogP contribution < -0.4 is 10.1 Å². The van der Waals surface area contributed by atoms with Crippen molar-refractivity contribution in [3.8, 4) is 17.0 Å². The number of fused-ring (bicyclic) bond motifs is 1. The Kier molecular flexibility index (Phi) is 4.39. The van der Waals surface area contributed by atoms with Crippen LogP contribution in [0.15, 0.2) is 30.5 Å². The van der Waals surface area contributed by atoms with Crippen molar-refractivity contribution >= 4 is 5.91 Å². The molecule has 0 atom stereocenters. The van der Waals surface area contributed by atoms with Crippen molar-refractivity contribution < 1.29 is 9.53 Å². The number of carbonyl (C=O) groups is 1. The maximum Gasteiger partial charge on any atom is 0.255 e. The molecule has 0 saturated heterocycles. The molecule has 0 saturated carbocycles. The lowest BCUT2D eigenvalue weighted by Gasteiger charge is -2.14. The first-order valence-electron chi connectivity index (χ1n) is 8.63. The molecule has 0 radical (unpaired) electrons. The fraction of sp³-hybridized carbons (Fsp3) is 0.333. The molecule has 1 aromatic carbocycles. The molecule has 0 fully saturated rings. The van der Waals surface area contributed by atoms with Gasteiger partial charge >= 0.3 is 0 Å². The van der Waals surface area contributed by atoms with Gasteiger partial charge in [-0.3, -0.25) is 9.89 Å². The first-order valence-corrected chi connectivity index (χ1v) is 8.63. The Morgan fingerprint density at radius 2 is 2.27 bits per heavy atom. The Bertz CT molecular complexity index is 929. The summed E-state index contributed by atoms with van der Waals surface area (Å²) in [5.74, 6) is 2.31. The van der Waals surface area contributed by atoms with Gasteiger partial charge in [0.2, 0.25) is 0 Å². The van der Waals surface area contributed by atoms with E-state index >= 15 is 0 Å². The van der Waals surface area contributed by atoms with Crippen LogP contribution in [0.25, 0.3) is 11.3 Å². The number of aryl methyl sites for hydroxylation is 1. The van der Waals surface area contributed by atoms with Gasteiger partial charge in [-0.1, -0.05) is 12.1 Å². The van der Waals surface area contributed by atoms with E-state index in [4.69, 9.17) is 4.74 Å². The molecule has 0 bridgehead atoms. The summed E-state index contributed by atoms with van der Waals surface area (Å²) in [6.07, 6.45) is 4.74. The minimum absolute atomic E-state index is 0.204. The van der Waals surface area contributed by atoms with Gasteiger partial charge in [-0.05, 0) is 25.0 Å². The molecular weight excluding hydrogens is 332 g/mol. The number of nitrogens with one attached hydrogen (secondary N) is 2. The summed E-state index contributed by atoms with van der Waals surface area (Å²) >= 11 is 0. The maximum absolute atomic E-state index is 12.7. The minimum atomic E-state index is -0.204. The van der Waals surface area contributed by atoms with Crippen molar-refractivity contribution in [2.75, 3.05) is 7.11 Å². The average molecular weight is 352 g/mol. The van der Waals surface area contributed by atoms with Crippen LogP contribution in [0.4, 0.5) is 0 Å². The molecule has 4 rings (SSSR count). The standard InChI is InChI=1S/C18H20N6O2/c1-26-13-6-4-5-12(9-13)17-14(10-20-23-17)18(25)19-11-16-22-21-15-7-2-3-8-24(15)16/h4-6,9-10H,2-3,7-8,11H2,1H3,(H,19,25)(H,20,23). The number of carbonyl (C=O) groups excluding carboxylic acids is 1. The van der Waals surface area contributed by atoms with Gasteiger partial charge < -0.3 is 14.6 Å². The highest BCUT2D eigenvalue weighted by Gasteiger charge is 2.19. The molecule has 3 heterocycles. The predicted octanol–water partition coefficient (Wildman–Crippen LogP) is 1.94. The number of H-pyrrole nitrogens is 1. The van der Waals surface area contributed by atoms with Crippen molar-refractivity contribution in [2.45, 2.75) is 32.4 Å². The van der Waals surface area contributed by atoms with Crippen molar-refractivity contribution in [3.63, 3.8) is 0 Å². The lowest BCUT2D eigenvalue weighted by Crippen LogP contribution is -2.25. The second-order valence-corrected chi connectivity index (χ2v) is 6.21. The van der Waals surface area contributed by atoms with Gasteiger partial charge in [0.05, 0.1) is 31.1 Å². The lowest BCUT2D eigenvalue weighted by molar-refractivity contribution is 0.0950. The average Bonchev–Trinajstić information content (AvgIpc) is 3.33. The van der Waals surface area contributed by atoms with Crippen molar-refractivity contribution in [1.82, 2.24) is 30.3 Å². The number of ether oxygens (including phenoxy) is 1. The normalized spacial score (nSPS) is 13.3. The molecule has 8 heteroatoms. The highest BCUT2D eigenvalue weighted by atomic mass is 16.5. The van der Waals surface area contributed by atoms with Crippen LogP contribution in [-0.4, -0.2) is 38.0 Å². The van der Waals surface area contributed by atoms with Crippen LogP contribution in [0.2, 0.25) is 0 Å². The highest BCUT2D eigenvalue weighted by Crippen LogP contribution is 2.25. The SMILES string of the molecule is COc1cccc(-c2[nH]ncc2C(=O)NCc2nnc3n2CCCC3)c1.